The summed E-state index contributed by atoms with van der Waals surface area (Å²) in [6.45, 7) is 2.41. The molecule has 2 aromatic carbocycles. The Morgan fingerprint density at radius 3 is 2.39 bits per heavy atom. The Morgan fingerprint density at radius 1 is 1.04 bits per heavy atom. The van der Waals surface area contributed by atoms with E-state index in [9.17, 15) is 4.39 Å². The summed E-state index contributed by atoms with van der Waals surface area (Å²) in [6, 6.07) is 13.9. The third kappa shape index (κ3) is 3.03. The molecule has 3 aromatic rings. The van der Waals surface area contributed by atoms with E-state index in [-0.39, 0.29) is 5.82 Å². The predicted molar refractivity (Wildman–Crippen MR) is 96.4 cm³/mol. The minimum atomic E-state index is -0.153. The van der Waals surface area contributed by atoms with Gasteiger partial charge in [-0.25, -0.2) is 7.29 Å². The maximum Gasteiger partial charge on any atom is 0.128 e. The molecule has 0 saturated heterocycles. The van der Waals surface area contributed by atoms with Crippen molar-refractivity contribution in [2.24, 2.45) is 0 Å². The van der Waals surface area contributed by atoms with Crippen LogP contribution < -0.4 is 0 Å². The van der Waals surface area contributed by atoms with Crippen LogP contribution in [0.15, 0.2) is 54.9 Å². The fraction of sp³-hybridized carbons (Fsp3) is 0.167. The second-order valence-electron chi connectivity index (χ2n) is 5.84. The van der Waals surface area contributed by atoms with E-state index in [2.05, 4.69) is 57.1 Å². The lowest BCUT2D eigenvalue weighted by Crippen LogP contribution is -2.16. The fourth-order valence-corrected chi connectivity index (χ4v) is 3.48. The molecule has 0 aliphatic carbocycles. The van der Waals surface area contributed by atoms with Crippen LogP contribution >= 0.6 is 22.9 Å². The molecule has 4 rings (SSSR count). The minimum Gasteiger partial charge on any atom is -0.290 e. The van der Waals surface area contributed by atoms with Crippen LogP contribution in [0.1, 0.15) is 16.7 Å². The van der Waals surface area contributed by atoms with Crippen molar-refractivity contribution in [3.63, 3.8) is 0 Å². The van der Waals surface area contributed by atoms with E-state index in [1.807, 2.05) is 18.3 Å². The Morgan fingerprint density at radius 2 is 1.78 bits per heavy atom. The molecule has 0 radical (unpaired) electrons. The van der Waals surface area contributed by atoms with Crippen molar-refractivity contribution in [3.8, 4) is 11.1 Å². The molecule has 0 amide bonds. The third-order valence-electron chi connectivity index (χ3n) is 4.24. The molecule has 0 bridgehead atoms. The second kappa shape index (κ2) is 6.05. The molecule has 2 heterocycles. The second-order valence-corrected chi connectivity index (χ2v) is 6.83. The van der Waals surface area contributed by atoms with Gasteiger partial charge in [0, 0.05) is 37.0 Å². The summed E-state index contributed by atoms with van der Waals surface area (Å²) in [5.41, 5.74) is 5.22. The quantitative estimate of drug-likeness (QED) is 0.587. The van der Waals surface area contributed by atoms with Gasteiger partial charge in [0.1, 0.15) is 5.82 Å². The molecule has 0 unspecified atom stereocenters. The molecule has 0 atom stereocenters. The van der Waals surface area contributed by atoms with Gasteiger partial charge in [0.2, 0.25) is 0 Å². The van der Waals surface area contributed by atoms with Gasteiger partial charge in [0.25, 0.3) is 0 Å². The van der Waals surface area contributed by atoms with Gasteiger partial charge in [-0.15, -0.1) is 0 Å². The normalized spacial score (nSPS) is 14.2. The molecule has 1 aromatic heterocycles. The van der Waals surface area contributed by atoms with Gasteiger partial charge in [-0.05, 0) is 22.8 Å². The van der Waals surface area contributed by atoms with Gasteiger partial charge in [-0.2, -0.15) is 5.10 Å². The van der Waals surface area contributed by atoms with Crippen LogP contribution in [-0.2, 0) is 19.6 Å². The van der Waals surface area contributed by atoms with E-state index in [0.717, 1.165) is 29.8 Å². The molecular weight excluding hydrogens is 404 g/mol. The van der Waals surface area contributed by atoms with Crippen molar-refractivity contribution in [3.05, 3.63) is 77.4 Å². The monoisotopic (exact) mass is 419 g/mol. The first-order valence-corrected chi connectivity index (χ1v) is 8.44. The Balaban J connectivity index is 1.52. The average molecular weight is 419 g/mol. The van der Waals surface area contributed by atoms with Crippen molar-refractivity contribution >= 4 is 22.9 Å². The van der Waals surface area contributed by atoms with Crippen molar-refractivity contribution in [1.29, 1.82) is 0 Å². The third-order valence-corrected chi connectivity index (χ3v) is 4.77. The Kier molecular flexibility index (Phi) is 3.90. The van der Waals surface area contributed by atoms with Gasteiger partial charge < -0.3 is 0 Å². The molecule has 0 saturated carbocycles. The van der Waals surface area contributed by atoms with E-state index in [1.165, 1.54) is 11.1 Å². The Labute approximate surface area is 148 Å². The number of aromatic nitrogens is 2. The molecule has 0 spiro atoms. The molecular formula is C18H15FIN3. The maximum atomic E-state index is 14.5. The van der Waals surface area contributed by atoms with Gasteiger partial charge >= 0.3 is 0 Å². The molecule has 5 heteroatoms. The summed E-state index contributed by atoms with van der Waals surface area (Å²) in [5.74, 6) is -0.153. The van der Waals surface area contributed by atoms with Crippen LogP contribution in [0.2, 0.25) is 0 Å². The summed E-state index contributed by atoms with van der Waals surface area (Å²) in [7, 11) is 0. The zero-order valence-corrected chi connectivity index (χ0v) is 14.6. The Hall–Kier alpha value is -1.73. The highest BCUT2D eigenvalue weighted by molar-refractivity contribution is 14.1. The molecule has 23 heavy (non-hydrogen) atoms. The molecule has 1 aliphatic heterocycles. The molecule has 0 N–H and O–H groups in total. The predicted octanol–water partition coefficient (Wildman–Crippen LogP) is 4.40. The van der Waals surface area contributed by atoms with Gasteiger partial charge in [0.15, 0.2) is 0 Å². The molecule has 3 nitrogen and oxygen atoms in total. The first-order chi connectivity index (χ1) is 11.2. The average Bonchev–Trinajstić information content (AvgIpc) is 3.15. The summed E-state index contributed by atoms with van der Waals surface area (Å²) in [4.78, 5) is 2.27. The van der Waals surface area contributed by atoms with Crippen molar-refractivity contribution in [1.82, 2.24) is 12.9 Å². The SMILES string of the molecule is Fc1cc(-c2cnn(I)c2)ccc1CN1Cc2ccccc2C1. The van der Waals surface area contributed by atoms with Crippen LogP contribution in [0, 0.1) is 5.82 Å². The number of benzene rings is 2. The van der Waals surface area contributed by atoms with Crippen molar-refractivity contribution in [2.75, 3.05) is 0 Å². The van der Waals surface area contributed by atoms with Crippen molar-refractivity contribution in [2.45, 2.75) is 19.6 Å². The van der Waals surface area contributed by atoms with E-state index in [1.54, 1.807) is 15.2 Å². The van der Waals surface area contributed by atoms with E-state index in [4.69, 9.17) is 0 Å². The van der Waals surface area contributed by atoms with Crippen LogP contribution in [0.4, 0.5) is 4.39 Å². The van der Waals surface area contributed by atoms with Gasteiger partial charge in [0.05, 0.1) is 29.1 Å². The maximum absolute atomic E-state index is 14.5. The highest BCUT2D eigenvalue weighted by atomic mass is 127. The summed E-state index contributed by atoms with van der Waals surface area (Å²) < 4.78 is 16.2. The Bertz CT molecular complexity index is 834. The number of hydrogen-bond acceptors (Lipinski definition) is 2. The first-order valence-electron chi connectivity index (χ1n) is 7.48. The largest absolute Gasteiger partial charge is 0.290 e. The molecule has 1 aliphatic rings. The molecule has 116 valence electrons. The number of nitrogens with zero attached hydrogens (tertiary/aromatic N) is 3. The lowest BCUT2D eigenvalue weighted by molar-refractivity contribution is 0.271. The standard InChI is InChI=1S/C18H15FIN3/c19-18-7-13(17-8-21-23(20)12-17)5-6-16(18)11-22-9-14-3-1-2-4-15(14)10-22/h1-8,12H,9-11H2. The topological polar surface area (TPSA) is 21.1 Å². The van der Waals surface area contributed by atoms with Crippen LogP contribution in [0.3, 0.4) is 0 Å². The number of rotatable bonds is 3. The zero-order valence-electron chi connectivity index (χ0n) is 12.4. The van der Waals surface area contributed by atoms with E-state index >= 15 is 0 Å². The zero-order chi connectivity index (χ0) is 15.8. The van der Waals surface area contributed by atoms with Gasteiger partial charge in [-0.3, -0.25) is 4.90 Å². The molecule has 0 fully saturated rings. The van der Waals surface area contributed by atoms with E-state index in [0.29, 0.717) is 6.54 Å². The summed E-state index contributed by atoms with van der Waals surface area (Å²) in [6.07, 6.45) is 3.63. The van der Waals surface area contributed by atoms with Gasteiger partial charge in [-0.1, -0.05) is 36.4 Å². The number of fused-ring (bicyclic) bond motifs is 1. The minimum absolute atomic E-state index is 0.153. The highest BCUT2D eigenvalue weighted by Crippen LogP contribution is 2.26. The van der Waals surface area contributed by atoms with Crippen LogP contribution in [-0.4, -0.2) is 12.9 Å². The van der Waals surface area contributed by atoms with E-state index < -0.39 is 0 Å². The van der Waals surface area contributed by atoms with Crippen molar-refractivity contribution < 1.29 is 4.39 Å². The number of hydrogen-bond donors (Lipinski definition) is 0. The lowest BCUT2D eigenvalue weighted by Gasteiger charge is -2.15. The summed E-state index contributed by atoms with van der Waals surface area (Å²) in [5, 5.41) is 4.12. The number of halogens is 2. The highest BCUT2D eigenvalue weighted by Gasteiger charge is 2.19. The smallest absolute Gasteiger partial charge is 0.128 e. The van der Waals surface area contributed by atoms with Crippen LogP contribution in [0.25, 0.3) is 11.1 Å². The van der Waals surface area contributed by atoms with Crippen LogP contribution in [0.5, 0.6) is 0 Å². The fourth-order valence-electron chi connectivity index (χ4n) is 3.06. The lowest BCUT2D eigenvalue weighted by atomic mass is 10.1. The summed E-state index contributed by atoms with van der Waals surface area (Å²) >= 11 is 2.08. The first kappa shape index (κ1) is 14.8.